The molecule has 0 aromatic carbocycles. The Hall–Kier alpha value is -1.47. The summed E-state index contributed by atoms with van der Waals surface area (Å²) in [7, 11) is -3.31. The van der Waals surface area contributed by atoms with Gasteiger partial charge in [-0.3, -0.25) is 9.78 Å². The van der Waals surface area contributed by atoms with E-state index >= 15 is 0 Å². The van der Waals surface area contributed by atoms with Gasteiger partial charge in [-0.25, -0.2) is 13.1 Å². The predicted molar refractivity (Wildman–Crippen MR) is 87.4 cm³/mol. The van der Waals surface area contributed by atoms with Gasteiger partial charge in [0, 0.05) is 31.0 Å². The van der Waals surface area contributed by atoms with Crippen LogP contribution in [0.3, 0.4) is 0 Å². The molecule has 1 aliphatic heterocycles. The van der Waals surface area contributed by atoms with E-state index in [1.165, 1.54) is 0 Å². The number of likely N-dealkylation sites (tertiary alicyclic amines) is 1. The maximum absolute atomic E-state index is 12.3. The van der Waals surface area contributed by atoms with E-state index in [1.807, 2.05) is 19.1 Å². The average Bonchev–Trinajstić information content (AvgIpc) is 2.91. The Labute approximate surface area is 137 Å². The van der Waals surface area contributed by atoms with Crippen molar-refractivity contribution in [1.29, 1.82) is 0 Å². The minimum Gasteiger partial charge on any atom is -0.340 e. The second-order valence-corrected chi connectivity index (χ2v) is 8.54. The van der Waals surface area contributed by atoms with Crippen molar-refractivity contribution in [2.75, 3.05) is 13.1 Å². The molecule has 7 heteroatoms. The van der Waals surface area contributed by atoms with Crippen molar-refractivity contribution in [2.45, 2.75) is 50.3 Å². The van der Waals surface area contributed by atoms with Crippen LogP contribution in [0.4, 0.5) is 0 Å². The number of nitrogens with one attached hydrogen (secondary N) is 1. The first-order valence-electron chi connectivity index (χ1n) is 8.14. The number of hydrogen-bond donors (Lipinski definition) is 1. The molecule has 2 heterocycles. The van der Waals surface area contributed by atoms with Gasteiger partial charge in [0.2, 0.25) is 15.9 Å². The Balaban J connectivity index is 1.49. The molecule has 3 rings (SSSR count). The van der Waals surface area contributed by atoms with Crippen LogP contribution < -0.4 is 4.72 Å². The van der Waals surface area contributed by atoms with Crippen molar-refractivity contribution in [2.24, 2.45) is 0 Å². The number of aromatic nitrogens is 1. The first-order chi connectivity index (χ1) is 10.9. The third-order valence-electron chi connectivity index (χ3n) is 4.65. The molecule has 1 N–H and O–H groups in total. The lowest BCUT2D eigenvalue weighted by Gasteiger charge is -2.39. The molecule has 0 radical (unpaired) electrons. The highest BCUT2D eigenvalue weighted by Crippen LogP contribution is 2.22. The Kier molecular flexibility index (Phi) is 4.68. The predicted octanol–water partition coefficient (Wildman–Crippen LogP) is 1.01. The first kappa shape index (κ1) is 16.4. The Bertz CT molecular complexity index is 660. The number of sulfonamides is 1. The summed E-state index contributed by atoms with van der Waals surface area (Å²) in [6.07, 6.45) is 6.00. The summed E-state index contributed by atoms with van der Waals surface area (Å²) >= 11 is 0. The quantitative estimate of drug-likeness (QED) is 0.869. The van der Waals surface area contributed by atoms with Gasteiger partial charge in [0.05, 0.1) is 6.42 Å². The maximum atomic E-state index is 12.3. The van der Waals surface area contributed by atoms with Crippen LogP contribution in [0.1, 0.15) is 36.9 Å². The van der Waals surface area contributed by atoms with Crippen LogP contribution >= 0.6 is 0 Å². The normalized spacial score (nSPS) is 19.8. The molecule has 2 aliphatic rings. The average molecular weight is 337 g/mol. The van der Waals surface area contributed by atoms with E-state index in [-0.39, 0.29) is 18.4 Å². The molecule has 1 amide bonds. The molecule has 1 aromatic heterocycles. The van der Waals surface area contributed by atoms with Crippen molar-refractivity contribution < 1.29 is 13.2 Å². The molecule has 0 bridgehead atoms. The number of rotatable bonds is 5. The summed E-state index contributed by atoms with van der Waals surface area (Å²) < 4.78 is 27.3. The standard InChI is InChI=1S/C16H23N3O3S/c1-12-6-7-13(9-17-12)8-16(20)19-10-15(11-19)23(21,22)18-14-4-2-3-5-14/h6-7,9,14-15,18H,2-5,8,10-11H2,1H3. The van der Waals surface area contributed by atoms with E-state index in [2.05, 4.69) is 9.71 Å². The fourth-order valence-electron chi connectivity index (χ4n) is 3.10. The second-order valence-electron chi connectivity index (χ2n) is 6.55. The topological polar surface area (TPSA) is 79.4 Å². The minimum absolute atomic E-state index is 0.0389. The van der Waals surface area contributed by atoms with Crippen LogP contribution in [-0.4, -0.2) is 48.6 Å². The summed E-state index contributed by atoms with van der Waals surface area (Å²) in [4.78, 5) is 18.0. The lowest BCUT2D eigenvalue weighted by molar-refractivity contribution is -0.133. The summed E-state index contributed by atoms with van der Waals surface area (Å²) in [5, 5.41) is -0.469. The number of carbonyl (C=O) groups is 1. The fourth-order valence-corrected chi connectivity index (χ4v) is 4.74. The molecule has 1 saturated heterocycles. The van der Waals surface area contributed by atoms with E-state index in [0.717, 1.165) is 36.9 Å². The van der Waals surface area contributed by atoms with Crippen molar-refractivity contribution in [1.82, 2.24) is 14.6 Å². The van der Waals surface area contributed by atoms with E-state index in [0.29, 0.717) is 13.1 Å². The van der Waals surface area contributed by atoms with Crippen LogP contribution in [-0.2, 0) is 21.2 Å². The highest BCUT2D eigenvalue weighted by Gasteiger charge is 2.40. The maximum Gasteiger partial charge on any atom is 0.227 e. The molecule has 0 atom stereocenters. The molecule has 0 unspecified atom stereocenters. The van der Waals surface area contributed by atoms with Gasteiger partial charge in [-0.2, -0.15) is 0 Å². The molecular formula is C16H23N3O3S. The van der Waals surface area contributed by atoms with E-state index in [9.17, 15) is 13.2 Å². The van der Waals surface area contributed by atoms with Crippen molar-refractivity contribution in [3.63, 3.8) is 0 Å². The van der Waals surface area contributed by atoms with Crippen LogP contribution in [0, 0.1) is 6.92 Å². The van der Waals surface area contributed by atoms with Gasteiger partial charge >= 0.3 is 0 Å². The van der Waals surface area contributed by atoms with Crippen molar-refractivity contribution in [3.05, 3.63) is 29.6 Å². The molecule has 1 aromatic rings. The molecule has 1 aliphatic carbocycles. The molecule has 126 valence electrons. The number of hydrogen-bond acceptors (Lipinski definition) is 4. The molecule has 6 nitrogen and oxygen atoms in total. The zero-order valence-corrected chi connectivity index (χ0v) is 14.2. The third-order valence-corrected chi connectivity index (χ3v) is 6.49. The molecule has 1 saturated carbocycles. The zero-order valence-electron chi connectivity index (χ0n) is 13.4. The smallest absolute Gasteiger partial charge is 0.227 e. The van der Waals surface area contributed by atoms with E-state index < -0.39 is 15.3 Å². The van der Waals surface area contributed by atoms with Gasteiger partial charge in [0.1, 0.15) is 5.25 Å². The van der Waals surface area contributed by atoms with E-state index in [1.54, 1.807) is 11.1 Å². The Morgan fingerprint density at radius 1 is 1.30 bits per heavy atom. The Morgan fingerprint density at radius 2 is 2.00 bits per heavy atom. The monoisotopic (exact) mass is 337 g/mol. The molecule has 0 spiro atoms. The lowest BCUT2D eigenvalue weighted by Crippen LogP contribution is -2.60. The SMILES string of the molecule is Cc1ccc(CC(=O)N2CC(S(=O)(=O)NC3CCCC3)C2)cn1. The highest BCUT2D eigenvalue weighted by molar-refractivity contribution is 7.90. The molecule has 2 fully saturated rings. The third kappa shape index (κ3) is 3.90. The van der Waals surface area contributed by atoms with Crippen LogP contribution in [0.15, 0.2) is 18.3 Å². The van der Waals surface area contributed by atoms with Crippen LogP contribution in [0.2, 0.25) is 0 Å². The lowest BCUT2D eigenvalue weighted by atomic mass is 10.1. The summed E-state index contributed by atoms with van der Waals surface area (Å²) in [6, 6.07) is 3.84. The van der Waals surface area contributed by atoms with Gasteiger partial charge in [-0.15, -0.1) is 0 Å². The van der Waals surface area contributed by atoms with Gasteiger partial charge in [-0.05, 0) is 31.4 Å². The molecular weight excluding hydrogens is 314 g/mol. The second kappa shape index (κ2) is 6.57. The number of nitrogens with zero attached hydrogens (tertiary/aromatic N) is 2. The minimum atomic E-state index is -3.31. The van der Waals surface area contributed by atoms with Crippen molar-refractivity contribution >= 4 is 15.9 Å². The highest BCUT2D eigenvalue weighted by atomic mass is 32.2. The van der Waals surface area contributed by atoms with Crippen molar-refractivity contribution in [3.8, 4) is 0 Å². The number of amides is 1. The number of pyridine rings is 1. The summed E-state index contributed by atoms with van der Waals surface area (Å²) in [6.45, 7) is 2.48. The summed E-state index contributed by atoms with van der Waals surface area (Å²) in [5.74, 6) is -0.0389. The number of aryl methyl sites for hydroxylation is 1. The largest absolute Gasteiger partial charge is 0.340 e. The van der Waals surface area contributed by atoms with Gasteiger partial charge < -0.3 is 4.90 Å². The molecule has 23 heavy (non-hydrogen) atoms. The van der Waals surface area contributed by atoms with Crippen LogP contribution in [0.25, 0.3) is 0 Å². The Morgan fingerprint density at radius 3 is 2.61 bits per heavy atom. The number of carbonyl (C=O) groups excluding carboxylic acids is 1. The van der Waals surface area contributed by atoms with Gasteiger partial charge in [0.15, 0.2) is 0 Å². The fraction of sp³-hybridized carbons (Fsp3) is 0.625. The zero-order chi connectivity index (χ0) is 16.4. The summed E-state index contributed by atoms with van der Waals surface area (Å²) in [5.41, 5.74) is 1.77. The van der Waals surface area contributed by atoms with Gasteiger partial charge in [-0.1, -0.05) is 18.9 Å². The van der Waals surface area contributed by atoms with Gasteiger partial charge in [0.25, 0.3) is 0 Å². The van der Waals surface area contributed by atoms with E-state index in [4.69, 9.17) is 0 Å². The van der Waals surface area contributed by atoms with Crippen LogP contribution in [0.5, 0.6) is 0 Å². The first-order valence-corrected chi connectivity index (χ1v) is 9.69.